The Hall–Kier alpha value is -3.06. The number of anilines is 2. The van der Waals surface area contributed by atoms with E-state index in [9.17, 15) is 21.6 Å². The highest BCUT2D eigenvalue weighted by molar-refractivity contribution is 7.99. The number of rotatable bonds is 8. The summed E-state index contributed by atoms with van der Waals surface area (Å²) in [5.41, 5.74) is 1.88. The molecule has 12 heteroatoms. The smallest absolute Gasteiger partial charge is 0.264 e. The molecule has 3 aromatic carbocycles. The first-order chi connectivity index (χ1) is 20.5. The first-order valence-electron chi connectivity index (χ1n) is 14.2. The molecule has 6 rings (SSSR count). The van der Waals surface area contributed by atoms with E-state index in [1.165, 1.54) is 33.3 Å². The van der Waals surface area contributed by atoms with Gasteiger partial charge < -0.3 is 10.1 Å². The summed E-state index contributed by atoms with van der Waals surface area (Å²) in [7, 11) is -3.18. The van der Waals surface area contributed by atoms with Gasteiger partial charge >= 0.3 is 0 Å². The van der Waals surface area contributed by atoms with Crippen LogP contribution in [0.25, 0.3) is 0 Å². The van der Waals surface area contributed by atoms with Gasteiger partial charge in [0.15, 0.2) is 0 Å². The number of benzene rings is 3. The second-order valence-corrected chi connectivity index (χ2v) is 16.7. The summed E-state index contributed by atoms with van der Waals surface area (Å²) in [6, 6.07) is 17.8. The topological polar surface area (TPSA) is 113 Å². The Morgan fingerprint density at radius 1 is 0.953 bits per heavy atom. The molecule has 2 heterocycles. The van der Waals surface area contributed by atoms with Crippen molar-refractivity contribution in [3.05, 3.63) is 77.9 Å². The van der Waals surface area contributed by atoms with Crippen LogP contribution in [0.1, 0.15) is 41.6 Å². The number of carbonyl (C=O) groups excluding carboxylic acids is 1. The number of amides is 1. The van der Waals surface area contributed by atoms with Crippen LogP contribution in [0.4, 0.5) is 11.4 Å². The van der Waals surface area contributed by atoms with Crippen molar-refractivity contribution in [3.8, 4) is 5.75 Å². The van der Waals surface area contributed by atoms with Crippen LogP contribution in [0, 0.1) is 5.92 Å². The van der Waals surface area contributed by atoms with Crippen molar-refractivity contribution < 1.29 is 26.4 Å². The van der Waals surface area contributed by atoms with Gasteiger partial charge in [-0.25, -0.2) is 21.1 Å². The summed E-state index contributed by atoms with van der Waals surface area (Å²) >= 11 is 1.88. The van der Waals surface area contributed by atoms with Crippen molar-refractivity contribution >= 4 is 49.1 Å². The van der Waals surface area contributed by atoms with E-state index >= 15 is 0 Å². The largest absolute Gasteiger partial charge is 0.497 e. The van der Waals surface area contributed by atoms with Gasteiger partial charge in [-0.2, -0.15) is 11.8 Å². The number of nitrogens with zero attached hydrogens (tertiary/aromatic N) is 2. The monoisotopic (exact) mass is 641 g/mol. The number of hydrogen-bond acceptors (Lipinski definition) is 7. The molecule has 2 fully saturated rings. The van der Waals surface area contributed by atoms with Crippen LogP contribution in [0.5, 0.6) is 5.75 Å². The van der Waals surface area contributed by atoms with Crippen molar-refractivity contribution in [2.24, 2.45) is 5.92 Å². The molecule has 1 saturated carbocycles. The number of carbonyl (C=O) groups is 1. The van der Waals surface area contributed by atoms with E-state index in [1.54, 1.807) is 52.8 Å². The van der Waals surface area contributed by atoms with Crippen LogP contribution in [0.3, 0.4) is 0 Å². The fraction of sp³-hybridized carbons (Fsp3) is 0.387. The Morgan fingerprint density at radius 3 is 2.33 bits per heavy atom. The third kappa shape index (κ3) is 5.22. The van der Waals surface area contributed by atoms with Crippen molar-refractivity contribution in [1.82, 2.24) is 4.31 Å². The van der Waals surface area contributed by atoms with E-state index in [0.717, 1.165) is 47.1 Å². The Bertz CT molecular complexity index is 1780. The van der Waals surface area contributed by atoms with E-state index in [2.05, 4.69) is 5.32 Å². The van der Waals surface area contributed by atoms with Gasteiger partial charge in [0.1, 0.15) is 5.75 Å². The van der Waals surface area contributed by atoms with Crippen LogP contribution in [0.2, 0.25) is 0 Å². The van der Waals surface area contributed by atoms with Gasteiger partial charge in [0.25, 0.3) is 15.9 Å². The van der Waals surface area contributed by atoms with Gasteiger partial charge in [-0.3, -0.25) is 9.10 Å². The lowest BCUT2D eigenvalue weighted by molar-refractivity contribution is 0.102. The van der Waals surface area contributed by atoms with Crippen LogP contribution in [-0.4, -0.2) is 65.8 Å². The second kappa shape index (κ2) is 11.1. The van der Waals surface area contributed by atoms with Crippen LogP contribution in [0.15, 0.2) is 76.5 Å². The van der Waals surface area contributed by atoms with Gasteiger partial charge in [-0.1, -0.05) is 12.1 Å². The lowest BCUT2D eigenvalue weighted by atomic mass is 9.70. The molecular weight excluding hydrogens is 607 g/mol. The maximum atomic E-state index is 14.4. The van der Waals surface area contributed by atoms with Crippen molar-refractivity contribution in [2.75, 3.05) is 42.3 Å². The Balaban J connectivity index is 1.41. The minimum absolute atomic E-state index is 0.0774. The number of sulfonamides is 2. The Labute approximate surface area is 257 Å². The average Bonchev–Trinajstić information content (AvgIpc) is 3.81. The molecule has 0 bridgehead atoms. The molecule has 0 radical (unpaired) electrons. The fourth-order valence-corrected chi connectivity index (χ4v) is 10.5. The first kappa shape index (κ1) is 30.0. The normalized spacial score (nSPS) is 19.8. The molecule has 0 aromatic heterocycles. The molecule has 228 valence electrons. The summed E-state index contributed by atoms with van der Waals surface area (Å²) < 4.78 is 62.1. The SMILES string of the molecule is COc1cccc(S(=O)(=O)N2c3ccc(C(=O)Nc4cccc(S(=O)(=O)N(C)C)c4)cc3C3(CCSCC3)C2C2CC2)c1. The number of hydrogen-bond donors (Lipinski definition) is 1. The van der Waals surface area contributed by atoms with E-state index < -0.39 is 25.5 Å². The number of thioether (sulfide) groups is 1. The minimum Gasteiger partial charge on any atom is -0.497 e. The number of ether oxygens (including phenoxy) is 1. The third-order valence-corrected chi connectivity index (χ3v) is 13.4. The molecule has 3 aromatic rings. The molecular formula is C31H35N3O6S3. The molecule has 1 aliphatic carbocycles. The highest BCUT2D eigenvalue weighted by atomic mass is 32.2. The van der Waals surface area contributed by atoms with Gasteiger partial charge in [-0.15, -0.1) is 0 Å². The predicted octanol–water partition coefficient (Wildman–Crippen LogP) is 4.95. The zero-order chi connectivity index (χ0) is 30.6. The quantitative estimate of drug-likeness (QED) is 0.370. The summed E-state index contributed by atoms with van der Waals surface area (Å²) in [5.74, 6) is 2.16. The molecule has 1 amide bonds. The van der Waals surface area contributed by atoms with Crippen molar-refractivity contribution in [3.63, 3.8) is 0 Å². The van der Waals surface area contributed by atoms with Gasteiger partial charge in [0.2, 0.25) is 10.0 Å². The van der Waals surface area contributed by atoms with E-state index in [-0.39, 0.29) is 27.7 Å². The third-order valence-electron chi connectivity index (χ3n) is 8.77. The van der Waals surface area contributed by atoms with Crippen LogP contribution < -0.4 is 14.4 Å². The molecule has 1 atom stereocenters. The predicted molar refractivity (Wildman–Crippen MR) is 169 cm³/mol. The first-order valence-corrected chi connectivity index (χ1v) is 18.3. The zero-order valence-corrected chi connectivity index (χ0v) is 26.8. The molecule has 1 spiro atoms. The average molecular weight is 642 g/mol. The molecule has 43 heavy (non-hydrogen) atoms. The van der Waals surface area contributed by atoms with Gasteiger partial charge in [0, 0.05) is 36.8 Å². The summed E-state index contributed by atoms with van der Waals surface area (Å²) in [5, 5.41) is 2.85. The van der Waals surface area contributed by atoms with E-state index in [4.69, 9.17) is 4.74 Å². The molecule has 1 saturated heterocycles. The summed E-state index contributed by atoms with van der Waals surface area (Å²) in [4.78, 5) is 13.8. The molecule has 1 unspecified atom stereocenters. The Kier molecular flexibility index (Phi) is 7.77. The molecule has 1 N–H and O–H groups in total. The number of methoxy groups -OCH3 is 1. The van der Waals surface area contributed by atoms with Crippen molar-refractivity contribution in [2.45, 2.75) is 46.9 Å². The molecule has 9 nitrogen and oxygen atoms in total. The fourth-order valence-electron chi connectivity index (χ4n) is 6.46. The second-order valence-electron chi connectivity index (χ2n) is 11.5. The lowest BCUT2D eigenvalue weighted by Crippen LogP contribution is -2.50. The zero-order valence-electron chi connectivity index (χ0n) is 24.3. The summed E-state index contributed by atoms with van der Waals surface area (Å²) in [6.45, 7) is 0. The maximum Gasteiger partial charge on any atom is 0.264 e. The van der Waals surface area contributed by atoms with Gasteiger partial charge in [-0.05, 0) is 97.2 Å². The number of nitrogens with one attached hydrogen (secondary N) is 1. The highest BCUT2D eigenvalue weighted by Crippen LogP contribution is 2.59. The minimum atomic E-state index is -3.94. The van der Waals surface area contributed by atoms with Crippen molar-refractivity contribution in [1.29, 1.82) is 0 Å². The maximum absolute atomic E-state index is 14.4. The van der Waals surface area contributed by atoms with Crippen LogP contribution in [-0.2, 0) is 25.5 Å². The van der Waals surface area contributed by atoms with Crippen LogP contribution >= 0.6 is 11.8 Å². The van der Waals surface area contributed by atoms with Gasteiger partial charge in [0.05, 0.1) is 28.6 Å². The standard InChI is InChI=1S/C31H35N3O6S3/c1-33(2)42(36,37)25-8-4-6-23(19-25)32-30(35)22-12-13-28-27(18-22)31(14-16-41-17-15-31)29(21-10-11-21)34(28)43(38,39)26-9-5-7-24(20-26)40-3/h4-9,12-13,18-21,29H,10-11,14-17H2,1-3H3,(H,32,35). The van der Waals surface area contributed by atoms with E-state index in [1.807, 2.05) is 17.8 Å². The molecule has 3 aliphatic rings. The number of fused-ring (bicyclic) bond motifs is 2. The summed E-state index contributed by atoms with van der Waals surface area (Å²) in [6.07, 6.45) is 3.59. The highest BCUT2D eigenvalue weighted by Gasteiger charge is 2.59. The molecule has 2 aliphatic heterocycles. The van der Waals surface area contributed by atoms with E-state index in [0.29, 0.717) is 22.7 Å². The lowest BCUT2D eigenvalue weighted by Gasteiger charge is -2.41. The Morgan fingerprint density at radius 2 is 1.65 bits per heavy atom.